The van der Waals surface area contributed by atoms with Crippen molar-refractivity contribution < 1.29 is 18.1 Å². The van der Waals surface area contributed by atoms with E-state index >= 15 is 0 Å². The molecule has 0 radical (unpaired) electrons. The van der Waals surface area contributed by atoms with E-state index in [1.165, 1.54) is 6.33 Å². The molecule has 14 heteroatoms. The molecule has 0 unspecified atom stereocenters. The fourth-order valence-electron chi connectivity index (χ4n) is 3.21. The van der Waals surface area contributed by atoms with Crippen molar-refractivity contribution in [1.29, 1.82) is 0 Å². The van der Waals surface area contributed by atoms with Gasteiger partial charge in [0.05, 0.1) is 16.1 Å². The molecule has 0 aliphatic heterocycles. The summed E-state index contributed by atoms with van der Waals surface area (Å²) in [5.74, 6) is -0.782. The van der Waals surface area contributed by atoms with Crippen molar-refractivity contribution in [2.75, 3.05) is 0 Å². The molecule has 2 heterocycles. The monoisotopic (exact) mass is 482 g/mol. The first-order valence-corrected chi connectivity index (χ1v) is 11.0. The van der Waals surface area contributed by atoms with Crippen LogP contribution in [0.25, 0.3) is 11.2 Å². The number of nitrogens with zero attached hydrogens (tertiary/aromatic N) is 5. The SMILES string of the molecule is O=C(NS(=O)(=O)c1ccc([N+](=O)[O-])cc1)C1=CC[C@H](n2cnc3c(Cl)nc(Cl)nc32)C1. The van der Waals surface area contributed by atoms with Crippen molar-refractivity contribution in [3.8, 4) is 0 Å². The Morgan fingerprint density at radius 2 is 1.94 bits per heavy atom. The van der Waals surface area contributed by atoms with Crippen LogP contribution in [0.1, 0.15) is 18.9 Å². The summed E-state index contributed by atoms with van der Waals surface area (Å²) in [6.45, 7) is 0. The number of carbonyl (C=O) groups excluding carboxylic acids is 1. The Morgan fingerprint density at radius 3 is 2.61 bits per heavy atom. The summed E-state index contributed by atoms with van der Waals surface area (Å²) in [4.78, 5) is 34.5. The smallest absolute Gasteiger partial charge is 0.269 e. The minimum Gasteiger partial charge on any atom is -0.311 e. The third-order valence-electron chi connectivity index (χ3n) is 4.71. The number of imidazole rings is 1. The number of rotatable bonds is 5. The van der Waals surface area contributed by atoms with Gasteiger partial charge in [0.15, 0.2) is 10.8 Å². The maximum Gasteiger partial charge on any atom is 0.269 e. The molecule has 0 saturated heterocycles. The maximum absolute atomic E-state index is 12.5. The molecule has 0 saturated carbocycles. The van der Waals surface area contributed by atoms with Crippen LogP contribution in [0.2, 0.25) is 10.4 Å². The molecule has 1 aliphatic rings. The highest BCUT2D eigenvalue weighted by molar-refractivity contribution is 7.90. The van der Waals surface area contributed by atoms with Crippen LogP contribution < -0.4 is 4.72 Å². The largest absolute Gasteiger partial charge is 0.311 e. The lowest BCUT2D eigenvalue weighted by molar-refractivity contribution is -0.384. The number of hydrogen-bond donors (Lipinski definition) is 1. The highest BCUT2D eigenvalue weighted by Crippen LogP contribution is 2.33. The normalized spacial score (nSPS) is 16.3. The Bertz CT molecular complexity index is 1350. The van der Waals surface area contributed by atoms with Crippen LogP contribution in [0.5, 0.6) is 0 Å². The summed E-state index contributed by atoms with van der Waals surface area (Å²) >= 11 is 11.9. The van der Waals surface area contributed by atoms with E-state index in [0.29, 0.717) is 17.6 Å². The lowest BCUT2D eigenvalue weighted by Crippen LogP contribution is -2.31. The van der Waals surface area contributed by atoms with E-state index < -0.39 is 20.9 Å². The Balaban J connectivity index is 1.49. The number of sulfonamides is 1. The van der Waals surface area contributed by atoms with Crippen molar-refractivity contribution in [2.24, 2.45) is 0 Å². The molecule has 1 aromatic carbocycles. The Hall–Kier alpha value is -3.09. The molecule has 11 nitrogen and oxygen atoms in total. The zero-order valence-electron chi connectivity index (χ0n) is 15.4. The number of amides is 1. The van der Waals surface area contributed by atoms with E-state index in [2.05, 4.69) is 15.0 Å². The third kappa shape index (κ3) is 4.09. The van der Waals surface area contributed by atoms with Crippen molar-refractivity contribution in [1.82, 2.24) is 24.2 Å². The average Bonchev–Trinajstić information content (AvgIpc) is 3.34. The second-order valence-corrected chi connectivity index (χ2v) is 8.99. The van der Waals surface area contributed by atoms with Crippen molar-refractivity contribution >= 4 is 56.0 Å². The number of fused-ring (bicyclic) bond motifs is 1. The number of aromatic nitrogens is 4. The Morgan fingerprint density at radius 1 is 1.23 bits per heavy atom. The van der Waals surface area contributed by atoms with Crippen LogP contribution in [0.3, 0.4) is 0 Å². The molecule has 2 aromatic heterocycles. The first-order chi connectivity index (χ1) is 14.7. The number of nitrogens with one attached hydrogen (secondary N) is 1. The Kier molecular flexibility index (Phi) is 5.37. The van der Waals surface area contributed by atoms with Gasteiger partial charge in [-0.25, -0.2) is 23.1 Å². The number of hydrogen-bond acceptors (Lipinski definition) is 8. The van der Waals surface area contributed by atoms with Gasteiger partial charge in [-0.05, 0) is 36.6 Å². The van der Waals surface area contributed by atoms with Crippen molar-refractivity contribution in [2.45, 2.75) is 23.8 Å². The second kappa shape index (κ2) is 7.87. The summed E-state index contributed by atoms with van der Waals surface area (Å²) in [7, 11) is -4.19. The van der Waals surface area contributed by atoms with Gasteiger partial charge in [0, 0.05) is 23.7 Å². The van der Waals surface area contributed by atoms with E-state index in [4.69, 9.17) is 23.2 Å². The number of halogens is 2. The molecule has 160 valence electrons. The van der Waals surface area contributed by atoms with Crippen molar-refractivity contribution in [3.05, 3.63) is 62.8 Å². The van der Waals surface area contributed by atoms with Crippen LogP contribution in [-0.2, 0) is 14.8 Å². The highest BCUT2D eigenvalue weighted by atomic mass is 35.5. The molecule has 1 N–H and O–H groups in total. The predicted octanol–water partition coefficient (Wildman–Crippen LogP) is 2.81. The summed E-state index contributed by atoms with van der Waals surface area (Å²) in [5.41, 5.74) is 0.778. The fraction of sp³-hybridized carbons (Fsp3) is 0.176. The van der Waals surface area contributed by atoms with Crippen molar-refractivity contribution in [3.63, 3.8) is 0 Å². The standard InChI is InChI=1S/C17H12Cl2N6O5S/c18-14-13-15(22-17(19)21-14)24(8-20-13)11-2-1-9(7-11)16(26)23-31(29,30)12-5-3-10(4-6-12)25(27)28/h1,3-6,8,11H,2,7H2,(H,23,26)/t11-/m0/s1. The molecular weight excluding hydrogens is 471 g/mol. The average molecular weight is 483 g/mol. The topological polar surface area (TPSA) is 150 Å². The minimum absolute atomic E-state index is 0.0441. The van der Waals surface area contributed by atoms with Gasteiger partial charge >= 0.3 is 0 Å². The van der Waals surface area contributed by atoms with Crippen LogP contribution in [-0.4, -0.2) is 38.8 Å². The molecule has 0 bridgehead atoms. The minimum atomic E-state index is -4.19. The zero-order valence-corrected chi connectivity index (χ0v) is 17.7. The van der Waals surface area contributed by atoms with E-state index in [1.54, 1.807) is 10.6 Å². The quantitative estimate of drug-likeness (QED) is 0.252. The molecule has 4 rings (SSSR count). The maximum atomic E-state index is 12.5. The van der Waals surface area contributed by atoms with Gasteiger partial charge in [-0.1, -0.05) is 17.7 Å². The molecule has 0 spiro atoms. The molecular formula is C17H12Cl2N6O5S. The van der Waals surface area contributed by atoms with Crippen LogP contribution in [0, 0.1) is 10.1 Å². The van der Waals surface area contributed by atoms with E-state index in [-0.39, 0.29) is 39.1 Å². The number of carbonyl (C=O) groups is 1. The Labute approximate surface area is 184 Å². The predicted molar refractivity (Wildman–Crippen MR) is 110 cm³/mol. The fourth-order valence-corrected chi connectivity index (χ4v) is 4.62. The first kappa shape index (κ1) is 21.2. The van der Waals surface area contributed by atoms with Gasteiger partial charge in [-0.3, -0.25) is 14.9 Å². The van der Waals surface area contributed by atoms with Gasteiger partial charge in [0.1, 0.15) is 5.52 Å². The molecule has 1 atom stereocenters. The first-order valence-electron chi connectivity index (χ1n) is 8.72. The molecule has 31 heavy (non-hydrogen) atoms. The molecule has 3 aromatic rings. The zero-order chi connectivity index (χ0) is 22.3. The number of benzene rings is 1. The summed E-state index contributed by atoms with van der Waals surface area (Å²) in [5, 5.41) is 10.8. The van der Waals surface area contributed by atoms with Gasteiger partial charge in [-0.15, -0.1) is 0 Å². The lowest BCUT2D eigenvalue weighted by atomic mass is 10.2. The number of allylic oxidation sites excluding steroid dienone is 1. The van der Waals surface area contributed by atoms with Gasteiger partial charge in [0.2, 0.25) is 5.28 Å². The summed E-state index contributed by atoms with van der Waals surface area (Å²) in [6, 6.07) is 3.97. The summed E-state index contributed by atoms with van der Waals surface area (Å²) < 4.78 is 28.6. The van der Waals surface area contributed by atoms with Crippen LogP contribution in [0.15, 0.2) is 47.1 Å². The second-order valence-electron chi connectivity index (χ2n) is 6.62. The lowest BCUT2D eigenvalue weighted by Gasteiger charge is -2.13. The molecule has 1 aliphatic carbocycles. The van der Waals surface area contributed by atoms with Gasteiger partial charge in [-0.2, -0.15) is 4.98 Å². The molecule has 0 fully saturated rings. The van der Waals surface area contributed by atoms with E-state index in [1.807, 2.05) is 4.72 Å². The number of nitro groups is 1. The van der Waals surface area contributed by atoms with Gasteiger partial charge in [0.25, 0.3) is 21.6 Å². The molecule has 1 amide bonds. The summed E-state index contributed by atoms with van der Waals surface area (Å²) in [6.07, 6.45) is 3.80. The third-order valence-corrected chi connectivity index (χ3v) is 6.49. The number of nitro benzene ring substituents is 1. The van der Waals surface area contributed by atoms with E-state index in [0.717, 1.165) is 24.3 Å². The highest BCUT2D eigenvalue weighted by Gasteiger charge is 2.28. The van der Waals surface area contributed by atoms with Crippen LogP contribution in [0.4, 0.5) is 5.69 Å². The van der Waals surface area contributed by atoms with Gasteiger partial charge < -0.3 is 4.57 Å². The van der Waals surface area contributed by atoms with Crippen LogP contribution >= 0.6 is 23.2 Å². The number of non-ortho nitro benzene ring substituents is 1. The van der Waals surface area contributed by atoms with E-state index in [9.17, 15) is 23.3 Å².